The highest BCUT2D eigenvalue weighted by Crippen LogP contribution is 2.15. The van der Waals surface area contributed by atoms with Gasteiger partial charge in [0.2, 0.25) is 0 Å². The molecule has 0 spiro atoms. The predicted octanol–water partition coefficient (Wildman–Crippen LogP) is 1.33. The number of hydrogen-bond donors (Lipinski definition) is 2. The minimum atomic E-state index is -0.0455. The lowest BCUT2D eigenvalue weighted by atomic mass is 10.1. The van der Waals surface area contributed by atoms with Crippen molar-refractivity contribution in [3.8, 4) is 0 Å². The van der Waals surface area contributed by atoms with Crippen LogP contribution in [0.3, 0.4) is 0 Å². The molecular formula is C11H17N3O. The zero-order chi connectivity index (χ0) is 11.4. The predicted molar refractivity (Wildman–Crippen MR) is 62.5 cm³/mol. The maximum Gasteiger partial charge on any atom is 0.253 e. The minimum absolute atomic E-state index is 0.0455. The third kappa shape index (κ3) is 2.87. The highest BCUT2D eigenvalue weighted by atomic mass is 16.2. The Hall–Kier alpha value is -1.71. The smallest absolute Gasteiger partial charge is 0.253 e. The van der Waals surface area contributed by atoms with Gasteiger partial charge >= 0.3 is 0 Å². The summed E-state index contributed by atoms with van der Waals surface area (Å²) in [6.45, 7) is 2.75. The lowest BCUT2D eigenvalue weighted by Gasteiger charge is -2.16. The first kappa shape index (κ1) is 11.4. The minimum Gasteiger partial charge on any atom is -0.399 e. The van der Waals surface area contributed by atoms with Gasteiger partial charge in [0.1, 0.15) is 0 Å². The van der Waals surface area contributed by atoms with Crippen molar-refractivity contribution < 1.29 is 4.79 Å². The number of benzene rings is 1. The molecule has 0 aliphatic heterocycles. The normalized spacial score (nSPS) is 10.0. The molecule has 0 atom stereocenters. The molecule has 1 aromatic carbocycles. The maximum absolute atomic E-state index is 11.9. The van der Waals surface area contributed by atoms with Crippen LogP contribution in [0.5, 0.6) is 0 Å². The first-order chi connectivity index (χ1) is 7.04. The summed E-state index contributed by atoms with van der Waals surface area (Å²) in [6, 6.07) is 4.92. The number of carbonyl (C=O) groups is 1. The van der Waals surface area contributed by atoms with Crippen molar-refractivity contribution in [1.29, 1.82) is 0 Å². The molecule has 4 N–H and O–H groups in total. The number of nitrogens with zero attached hydrogens (tertiary/aromatic N) is 1. The van der Waals surface area contributed by atoms with Gasteiger partial charge in [-0.05, 0) is 24.6 Å². The van der Waals surface area contributed by atoms with Gasteiger partial charge in [0.15, 0.2) is 0 Å². The Morgan fingerprint density at radius 1 is 1.27 bits per heavy atom. The van der Waals surface area contributed by atoms with E-state index in [1.807, 2.05) is 6.92 Å². The molecule has 0 aliphatic carbocycles. The first-order valence-electron chi connectivity index (χ1n) is 4.96. The van der Waals surface area contributed by atoms with Crippen LogP contribution in [0, 0.1) is 0 Å². The van der Waals surface area contributed by atoms with Crippen molar-refractivity contribution in [3.63, 3.8) is 0 Å². The number of rotatable bonds is 3. The summed E-state index contributed by atoms with van der Waals surface area (Å²) in [5.41, 5.74) is 12.8. The Kier molecular flexibility index (Phi) is 3.55. The molecule has 0 aromatic heterocycles. The van der Waals surface area contributed by atoms with Gasteiger partial charge < -0.3 is 16.4 Å². The van der Waals surface area contributed by atoms with Crippen LogP contribution in [0.4, 0.5) is 11.4 Å². The van der Waals surface area contributed by atoms with E-state index in [0.717, 1.165) is 13.0 Å². The van der Waals surface area contributed by atoms with Crippen LogP contribution >= 0.6 is 0 Å². The zero-order valence-corrected chi connectivity index (χ0v) is 9.16. The molecule has 0 unspecified atom stereocenters. The molecule has 0 bridgehead atoms. The molecule has 82 valence electrons. The molecule has 15 heavy (non-hydrogen) atoms. The van der Waals surface area contributed by atoms with Crippen LogP contribution < -0.4 is 11.5 Å². The Morgan fingerprint density at radius 3 is 2.27 bits per heavy atom. The summed E-state index contributed by atoms with van der Waals surface area (Å²) in [6.07, 6.45) is 0.931. The third-order valence-corrected chi connectivity index (χ3v) is 2.13. The molecule has 1 amide bonds. The zero-order valence-electron chi connectivity index (χ0n) is 9.16. The van der Waals surface area contributed by atoms with Crippen molar-refractivity contribution in [2.24, 2.45) is 0 Å². The van der Waals surface area contributed by atoms with E-state index in [1.54, 1.807) is 30.1 Å². The van der Waals surface area contributed by atoms with E-state index in [2.05, 4.69) is 0 Å². The van der Waals surface area contributed by atoms with Crippen LogP contribution in [0.25, 0.3) is 0 Å². The Labute approximate surface area is 89.9 Å². The first-order valence-corrected chi connectivity index (χ1v) is 4.96. The molecule has 4 heteroatoms. The van der Waals surface area contributed by atoms with Crippen LogP contribution in [0.2, 0.25) is 0 Å². The average Bonchev–Trinajstić information content (AvgIpc) is 2.15. The van der Waals surface area contributed by atoms with Crippen molar-refractivity contribution in [1.82, 2.24) is 4.90 Å². The van der Waals surface area contributed by atoms with Gasteiger partial charge in [-0.25, -0.2) is 0 Å². The fourth-order valence-electron chi connectivity index (χ4n) is 1.46. The second kappa shape index (κ2) is 4.68. The second-order valence-corrected chi connectivity index (χ2v) is 3.62. The van der Waals surface area contributed by atoms with Crippen molar-refractivity contribution >= 4 is 17.3 Å². The topological polar surface area (TPSA) is 72.3 Å². The molecule has 0 radical (unpaired) electrons. The Balaban J connectivity index is 2.90. The Morgan fingerprint density at radius 2 is 1.80 bits per heavy atom. The summed E-state index contributed by atoms with van der Waals surface area (Å²) in [4.78, 5) is 13.5. The molecule has 0 saturated heterocycles. The van der Waals surface area contributed by atoms with E-state index in [0.29, 0.717) is 16.9 Å². The van der Waals surface area contributed by atoms with Gasteiger partial charge in [0.05, 0.1) is 0 Å². The lowest BCUT2D eigenvalue weighted by Crippen LogP contribution is -2.27. The number of nitrogen functional groups attached to an aromatic ring is 2. The van der Waals surface area contributed by atoms with E-state index in [9.17, 15) is 4.79 Å². The van der Waals surface area contributed by atoms with Gasteiger partial charge in [0.25, 0.3) is 5.91 Å². The highest BCUT2D eigenvalue weighted by molar-refractivity contribution is 5.95. The number of amides is 1. The number of nitrogens with two attached hydrogens (primary N) is 2. The van der Waals surface area contributed by atoms with Gasteiger partial charge in [0, 0.05) is 30.5 Å². The van der Waals surface area contributed by atoms with E-state index in [1.165, 1.54) is 0 Å². The largest absolute Gasteiger partial charge is 0.399 e. The third-order valence-electron chi connectivity index (χ3n) is 2.13. The van der Waals surface area contributed by atoms with Gasteiger partial charge in [-0.15, -0.1) is 0 Å². The monoisotopic (exact) mass is 207 g/mol. The standard InChI is InChI=1S/C11H17N3O/c1-3-4-14(2)11(15)8-5-9(12)7-10(13)6-8/h5-7H,3-4,12-13H2,1-2H3. The molecule has 4 nitrogen and oxygen atoms in total. The number of anilines is 2. The van der Waals surface area contributed by atoms with Gasteiger partial charge in [-0.2, -0.15) is 0 Å². The van der Waals surface area contributed by atoms with Crippen LogP contribution in [-0.2, 0) is 0 Å². The van der Waals surface area contributed by atoms with E-state index >= 15 is 0 Å². The molecular weight excluding hydrogens is 190 g/mol. The average molecular weight is 207 g/mol. The van der Waals surface area contributed by atoms with Crippen molar-refractivity contribution in [2.75, 3.05) is 25.1 Å². The molecule has 0 aliphatic rings. The van der Waals surface area contributed by atoms with Crippen molar-refractivity contribution in [3.05, 3.63) is 23.8 Å². The summed E-state index contributed by atoms with van der Waals surface area (Å²) in [5, 5.41) is 0. The highest BCUT2D eigenvalue weighted by Gasteiger charge is 2.11. The second-order valence-electron chi connectivity index (χ2n) is 3.62. The SMILES string of the molecule is CCCN(C)C(=O)c1cc(N)cc(N)c1. The number of carbonyl (C=O) groups excluding carboxylic acids is 1. The lowest BCUT2D eigenvalue weighted by molar-refractivity contribution is 0.0795. The summed E-state index contributed by atoms with van der Waals surface area (Å²) in [5.74, 6) is -0.0455. The molecule has 0 fully saturated rings. The molecule has 0 heterocycles. The summed E-state index contributed by atoms with van der Waals surface area (Å²) in [7, 11) is 1.77. The van der Waals surface area contributed by atoms with Crippen LogP contribution in [0.15, 0.2) is 18.2 Å². The van der Waals surface area contributed by atoms with Crippen LogP contribution in [0.1, 0.15) is 23.7 Å². The quantitative estimate of drug-likeness (QED) is 0.734. The van der Waals surface area contributed by atoms with E-state index < -0.39 is 0 Å². The molecule has 1 rings (SSSR count). The van der Waals surface area contributed by atoms with Crippen LogP contribution in [-0.4, -0.2) is 24.4 Å². The summed E-state index contributed by atoms with van der Waals surface area (Å²) < 4.78 is 0. The fourth-order valence-corrected chi connectivity index (χ4v) is 1.46. The van der Waals surface area contributed by atoms with Gasteiger partial charge in [-0.1, -0.05) is 6.92 Å². The van der Waals surface area contributed by atoms with Crippen molar-refractivity contribution in [2.45, 2.75) is 13.3 Å². The van der Waals surface area contributed by atoms with Gasteiger partial charge in [-0.3, -0.25) is 4.79 Å². The fraction of sp³-hybridized carbons (Fsp3) is 0.364. The summed E-state index contributed by atoms with van der Waals surface area (Å²) >= 11 is 0. The Bertz CT molecular complexity index is 343. The molecule has 1 aromatic rings. The molecule has 0 saturated carbocycles. The maximum atomic E-state index is 11.9. The van der Waals surface area contributed by atoms with E-state index in [4.69, 9.17) is 11.5 Å². The van der Waals surface area contributed by atoms with E-state index in [-0.39, 0.29) is 5.91 Å². The number of hydrogen-bond acceptors (Lipinski definition) is 3.